The molecule has 2 aromatic heterocycles. The maximum atomic E-state index is 12.5. The van der Waals surface area contributed by atoms with Crippen molar-refractivity contribution in [1.82, 2.24) is 18.7 Å². The number of fused-ring (bicyclic) bond motifs is 1. The number of nitrogens with one attached hydrogen (secondary N) is 1. The molecule has 0 spiro atoms. The second-order valence-electron chi connectivity index (χ2n) is 5.67. The highest BCUT2D eigenvalue weighted by Gasteiger charge is 2.18. The molecule has 0 fully saturated rings. The van der Waals surface area contributed by atoms with E-state index < -0.39 is 11.2 Å². The Balaban J connectivity index is 2.06. The van der Waals surface area contributed by atoms with Crippen LogP contribution >= 0.6 is 0 Å². The number of phenols is 1. The van der Waals surface area contributed by atoms with Crippen molar-refractivity contribution in [3.8, 4) is 5.75 Å². The van der Waals surface area contributed by atoms with Gasteiger partial charge in [0.2, 0.25) is 5.95 Å². The van der Waals surface area contributed by atoms with Gasteiger partial charge in [-0.3, -0.25) is 18.5 Å². The van der Waals surface area contributed by atoms with Crippen LogP contribution in [0.5, 0.6) is 5.75 Å². The van der Waals surface area contributed by atoms with E-state index in [0.717, 1.165) is 10.1 Å². The summed E-state index contributed by atoms with van der Waals surface area (Å²) in [6.45, 7) is 4.02. The van der Waals surface area contributed by atoms with Crippen molar-refractivity contribution >= 4 is 23.3 Å². The molecule has 9 nitrogen and oxygen atoms in total. The Bertz CT molecular complexity index is 1120. The molecule has 0 aliphatic rings. The molecule has 0 radical (unpaired) electrons. The van der Waals surface area contributed by atoms with E-state index in [4.69, 9.17) is 0 Å². The minimum absolute atomic E-state index is 0.166. The third-order valence-electron chi connectivity index (χ3n) is 3.93. The van der Waals surface area contributed by atoms with Gasteiger partial charge in [0.05, 0.1) is 6.21 Å². The lowest BCUT2D eigenvalue weighted by atomic mass is 10.2. The topological polar surface area (TPSA) is 106 Å². The average molecular weight is 354 g/mol. The highest BCUT2D eigenvalue weighted by Crippen LogP contribution is 2.15. The predicted octanol–water partition coefficient (Wildman–Crippen LogP) is 0.771. The Kier molecular flexibility index (Phi) is 4.44. The fraction of sp³-hybridized carbons (Fsp3) is 0.176. The number of allylic oxidation sites excluding steroid dienone is 1. The second kappa shape index (κ2) is 6.71. The van der Waals surface area contributed by atoms with Crippen LogP contribution in [0, 0.1) is 0 Å². The first-order chi connectivity index (χ1) is 12.4. The second-order valence-corrected chi connectivity index (χ2v) is 5.67. The molecule has 1 aromatic carbocycles. The first-order valence-corrected chi connectivity index (χ1v) is 7.79. The zero-order chi connectivity index (χ0) is 18.8. The van der Waals surface area contributed by atoms with Crippen molar-refractivity contribution in [3.05, 3.63) is 63.3 Å². The number of aromatic hydroxyl groups is 1. The monoisotopic (exact) mass is 354 g/mol. The molecular formula is C17H18N6O3. The number of anilines is 1. The Morgan fingerprint density at radius 3 is 2.58 bits per heavy atom. The number of hydrogen-bond donors (Lipinski definition) is 2. The largest absolute Gasteiger partial charge is 0.508 e. The van der Waals surface area contributed by atoms with E-state index in [1.165, 1.54) is 11.6 Å². The maximum absolute atomic E-state index is 12.5. The van der Waals surface area contributed by atoms with E-state index in [9.17, 15) is 14.7 Å². The fourth-order valence-corrected chi connectivity index (χ4v) is 2.56. The summed E-state index contributed by atoms with van der Waals surface area (Å²) in [6.07, 6.45) is 3.18. The SMILES string of the molecule is C=CCn1c(N/N=C\c2ccc(O)cc2)nc2c1c(=O)n(C)c(=O)n2C. The highest BCUT2D eigenvalue weighted by molar-refractivity contribution is 5.80. The molecule has 3 aromatic rings. The third kappa shape index (κ3) is 2.90. The van der Waals surface area contributed by atoms with Gasteiger partial charge in [-0.05, 0) is 29.8 Å². The summed E-state index contributed by atoms with van der Waals surface area (Å²) in [5.41, 5.74) is 3.22. The summed E-state index contributed by atoms with van der Waals surface area (Å²) in [5, 5.41) is 13.4. The van der Waals surface area contributed by atoms with E-state index in [1.807, 2.05) is 0 Å². The Hall–Kier alpha value is -3.62. The standard InChI is InChI=1S/C17H18N6O3/c1-4-9-23-13-14(21(2)17(26)22(3)15(13)25)19-16(23)20-18-10-11-5-7-12(24)8-6-11/h4-8,10,24H,1,9H2,2-3H3,(H,19,20)/b18-10-. The quantitative estimate of drug-likeness (QED) is 0.400. The Morgan fingerprint density at radius 2 is 1.92 bits per heavy atom. The Labute approximate surface area is 148 Å². The molecule has 0 amide bonds. The molecule has 0 atom stereocenters. The zero-order valence-electron chi connectivity index (χ0n) is 14.4. The molecule has 0 saturated carbocycles. The van der Waals surface area contributed by atoms with Crippen molar-refractivity contribution in [1.29, 1.82) is 0 Å². The molecule has 2 N–H and O–H groups in total. The minimum Gasteiger partial charge on any atom is -0.508 e. The van der Waals surface area contributed by atoms with Crippen LogP contribution < -0.4 is 16.7 Å². The lowest BCUT2D eigenvalue weighted by Gasteiger charge is -2.06. The fourth-order valence-electron chi connectivity index (χ4n) is 2.56. The van der Waals surface area contributed by atoms with Gasteiger partial charge in [0, 0.05) is 20.6 Å². The van der Waals surface area contributed by atoms with Crippen LogP contribution in [0.25, 0.3) is 11.2 Å². The summed E-state index contributed by atoms with van der Waals surface area (Å²) in [6, 6.07) is 6.50. The number of aromatic nitrogens is 4. The molecule has 0 aliphatic heterocycles. The van der Waals surface area contributed by atoms with Crippen LogP contribution in [0.1, 0.15) is 5.56 Å². The van der Waals surface area contributed by atoms with Gasteiger partial charge in [-0.2, -0.15) is 10.1 Å². The number of phenolic OH excluding ortho intramolecular Hbond substituents is 1. The molecule has 134 valence electrons. The molecule has 26 heavy (non-hydrogen) atoms. The van der Waals surface area contributed by atoms with Crippen LogP contribution in [0.2, 0.25) is 0 Å². The summed E-state index contributed by atoms with van der Waals surface area (Å²) in [4.78, 5) is 28.9. The summed E-state index contributed by atoms with van der Waals surface area (Å²) >= 11 is 0. The number of aryl methyl sites for hydroxylation is 1. The van der Waals surface area contributed by atoms with Gasteiger partial charge < -0.3 is 5.11 Å². The van der Waals surface area contributed by atoms with Gasteiger partial charge in [-0.1, -0.05) is 6.08 Å². The number of benzene rings is 1. The zero-order valence-corrected chi connectivity index (χ0v) is 14.4. The van der Waals surface area contributed by atoms with Gasteiger partial charge in [0.25, 0.3) is 5.56 Å². The molecule has 2 heterocycles. The number of hydrogen-bond acceptors (Lipinski definition) is 6. The van der Waals surface area contributed by atoms with E-state index >= 15 is 0 Å². The van der Waals surface area contributed by atoms with Gasteiger partial charge in [0.15, 0.2) is 11.2 Å². The van der Waals surface area contributed by atoms with Crippen molar-refractivity contribution in [2.75, 3.05) is 5.43 Å². The van der Waals surface area contributed by atoms with Crippen LogP contribution in [0.15, 0.2) is 51.6 Å². The van der Waals surface area contributed by atoms with Crippen LogP contribution in [0.4, 0.5) is 5.95 Å². The molecule has 0 unspecified atom stereocenters. The lowest BCUT2D eigenvalue weighted by Crippen LogP contribution is -2.37. The van der Waals surface area contributed by atoms with Gasteiger partial charge in [-0.15, -0.1) is 6.58 Å². The van der Waals surface area contributed by atoms with Crippen molar-refractivity contribution < 1.29 is 5.11 Å². The molecule has 0 bridgehead atoms. The van der Waals surface area contributed by atoms with E-state index in [2.05, 4.69) is 22.1 Å². The van der Waals surface area contributed by atoms with Crippen LogP contribution in [0.3, 0.4) is 0 Å². The highest BCUT2D eigenvalue weighted by atomic mass is 16.3. The summed E-state index contributed by atoms with van der Waals surface area (Å²) < 4.78 is 3.95. The van der Waals surface area contributed by atoms with Gasteiger partial charge >= 0.3 is 5.69 Å². The molecule has 0 aliphatic carbocycles. The molecule has 0 saturated heterocycles. The third-order valence-corrected chi connectivity index (χ3v) is 3.93. The van der Waals surface area contributed by atoms with Crippen LogP contribution in [-0.2, 0) is 20.6 Å². The molecule has 3 rings (SSSR count). The minimum atomic E-state index is -0.454. The van der Waals surface area contributed by atoms with E-state index in [-0.39, 0.29) is 16.9 Å². The van der Waals surface area contributed by atoms with Crippen LogP contribution in [-0.4, -0.2) is 30.0 Å². The lowest BCUT2D eigenvalue weighted by molar-refractivity contribution is 0.475. The maximum Gasteiger partial charge on any atom is 0.332 e. The predicted molar refractivity (Wildman–Crippen MR) is 99.7 cm³/mol. The normalized spacial score (nSPS) is 11.3. The molecular weight excluding hydrogens is 336 g/mol. The van der Waals surface area contributed by atoms with E-state index in [1.54, 1.807) is 48.2 Å². The van der Waals surface area contributed by atoms with E-state index in [0.29, 0.717) is 12.5 Å². The average Bonchev–Trinajstić information content (AvgIpc) is 2.99. The number of nitrogens with zero attached hydrogens (tertiary/aromatic N) is 5. The smallest absolute Gasteiger partial charge is 0.332 e. The van der Waals surface area contributed by atoms with Crippen molar-refractivity contribution in [3.63, 3.8) is 0 Å². The first kappa shape index (κ1) is 17.2. The number of hydrazone groups is 1. The van der Waals surface area contributed by atoms with Gasteiger partial charge in [0.1, 0.15) is 5.75 Å². The molecule has 9 heteroatoms. The Morgan fingerprint density at radius 1 is 1.23 bits per heavy atom. The summed E-state index contributed by atoms with van der Waals surface area (Å²) in [7, 11) is 2.98. The van der Waals surface area contributed by atoms with Crippen molar-refractivity contribution in [2.45, 2.75) is 6.54 Å². The first-order valence-electron chi connectivity index (χ1n) is 7.79. The number of rotatable bonds is 5. The number of imidazole rings is 1. The summed E-state index contributed by atoms with van der Waals surface area (Å²) in [5.74, 6) is 0.480. The van der Waals surface area contributed by atoms with Gasteiger partial charge in [-0.25, -0.2) is 10.2 Å². The van der Waals surface area contributed by atoms with Crippen molar-refractivity contribution in [2.24, 2.45) is 19.2 Å².